The van der Waals surface area contributed by atoms with Crippen LogP contribution < -0.4 is 0 Å². The normalized spacial score (nSPS) is 31.2. The summed E-state index contributed by atoms with van der Waals surface area (Å²) >= 11 is 0. The highest BCUT2D eigenvalue weighted by Gasteiger charge is 2.30. The van der Waals surface area contributed by atoms with Crippen molar-refractivity contribution < 1.29 is 33.7 Å². The molecule has 1 N–H and O–H groups in total. The number of carbonyl (C=O) groups is 3. The number of aliphatic hydroxyl groups is 1. The van der Waals surface area contributed by atoms with E-state index in [0.29, 0.717) is 26.1 Å². The van der Waals surface area contributed by atoms with Gasteiger partial charge in [-0.3, -0.25) is 4.79 Å². The molecule has 3 heterocycles. The molecule has 10 nitrogen and oxygen atoms in total. The molecular weight excluding hydrogens is 562 g/mol. The number of cyclic esters (lactones) is 1. The lowest BCUT2D eigenvalue weighted by atomic mass is 9.90. The first-order chi connectivity index (χ1) is 21.0. The van der Waals surface area contributed by atoms with E-state index in [1.54, 1.807) is 9.80 Å². The minimum Gasteiger partial charge on any atom is -0.457 e. The topological polar surface area (TPSA) is 109 Å². The number of amides is 2. The Morgan fingerprint density at radius 1 is 1.07 bits per heavy atom. The van der Waals surface area contributed by atoms with Crippen LogP contribution in [0.2, 0.25) is 0 Å². The van der Waals surface area contributed by atoms with Crippen molar-refractivity contribution >= 4 is 18.2 Å². The molecule has 3 aliphatic heterocycles. The van der Waals surface area contributed by atoms with Gasteiger partial charge in [-0.15, -0.1) is 0 Å². The van der Waals surface area contributed by atoms with Gasteiger partial charge in [0.15, 0.2) is 0 Å². The fraction of sp³-hybridized carbons (Fsp3) is 0.735. The van der Waals surface area contributed by atoms with Gasteiger partial charge in [0, 0.05) is 51.0 Å². The molecular formula is C34H55N3O7. The van der Waals surface area contributed by atoms with Gasteiger partial charge in [0.25, 0.3) is 0 Å². The number of nitrogens with zero attached hydrogens (tertiary/aromatic N) is 3. The van der Waals surface area contributed by atoms with Crippen LogP contribution in [0.5, 0.6) is 0 Å². The Morgan fingerprint density at radius 2 is 1.80 bits per heavy atom. The summed E-state index contributed by atoms with van der Waals surface area (Å²) in [6.07, 6.45) is 12.0. The van der Waals surface area contributed by atoms with E-state index in [2.05, 4.69) is 25.8 Å². The summed E-state index contributed by atoms with van der Waals surface area (Å²) in [5.41, 5.74) is 0.891. The predicted octanol–water partition coefficient (Wildman–Crippen LogP) is 5.03. The molecule has 0 aromatic heterocycles. The van der Waals surface area contributed by atoms with Crippen LogP contribution in [0, 0.1) is 23.7 Å². The molecule has 0 spiro atoms. The Bertz CT molecular complexity index is 1040. The van der Waals surface area contributed by atoms with E-state index in [1.807, 2.05) is 51.2 Å². The van der Waals surface area contributed by atoms with Crippen molar-refractivity contribution in [3.8, 4) is 0 Å². The first-order valence-corrected chi connectivity index (χ1v) is 16.4. The second-order valence-corrected chi connectivity index (χ2v) is 13.2. The summed E-state index contributed by atoms with van der Waals surface area (Å²) < 4.78 is 17.6. The van der Waals surface area contributed by atoms with Crippen LogP contribution in [-0.4, -0.2) is 109 Å². The molecule has 0 unspecified atom stereocenters. The molecule has 3 rings (SSSR count). The zero-order chi connectivity index (χ0) is 32.2. The number of piperazine rings is 1. The van der Waals surface area contributed by atoms with E-state index in [-0.39, 0.29) is 67.2 Å². The van der Waals surface area contributed by atoms with E-state index < -0.39 is 6.10 Å². The van der Waals surface area contributed by atoms with Crippen molar-refractivity contribution in [1.82, 2.24) is 14.7 Å². The highest BCUT2D eigenvalue weighted by molar-refractivity contribution is 5.70. The van der Waals surface area contributed by atoms with E-state index in [9.17, 15) is 19.5 Å². The summed E-state index contributed by atoms with van der Waals surface area (Å²) in [4.78, 5) is 44.0. The number of esters is 1. The highest BCUT2D eigenvalue weighted by atomic mass is 16.6. The van der Waals surface area contributed by atoms with Crippen molar-refractivity contribution in [2.45, 2.75) is 85.0 Å². The number of aliphatic hydroxyl groups excluding tert-OH is 1. The molecule has 0 saturated carbocycles. The third-order valence-corrected chi connectivity index (χ3v) is 9.07. The second-order valence-electron chi connectivity index (χ2n) is 13.2. The van der Waals surface area contributed by atoms with Gasteiger partial charge in [0.05, 0.1) is 19.3 Å². The molecule has 0 bridgehead atoms. The van der Waals surface area contributed by atoms with Crippen LogP contribution in [0.15, 0.2) is 36.0 Å². The molecule has 7 atom stereocenters. The molecule has 2 amide bonds. The monoisotopic (exact) mass is 617 g/mol. The number of hydrogen-bond acceptors (Lipinski definition) is 8. The van der Waals surface area contributed by atoms with Crippen LogP contribution in [-0.2, 0) is 19.0 Å². The molecule has 248 valence electrons. The summed E-state index contributed by atoms with van der Waals surface area (Å²) in [5, 5.41) is 9.47. The van der Waals surface area contributed by atoms with Gasteiger partial charge in [-0.1, -0.05) is 52.0 Å². The highest BCUT2D eigenvalue weighted by Crippen LogP contribution is 2.26. The average molecular weight is 618 g/mol. The van der Waals surface area contributed by atoms with Gasteiger partial charge in [-0.05, 0) is 63.1 Å². The number of hydrogen-bond donors (Lipinski definition) is 1. The zero-order valence-corrected chi connectivity index (χ0v) is 27.7. The Morgan fingerprint density at radius 3 is 2.50 bits per heavy atom. The van der Waals surface area contributed by atoms with Crippen LogP contribution >= 0.6 is 0 Å². The Labute approximate surface area is 264 Å². The lowest BCUT2D eigenvalue weighted by Crippen LogP contribution is -2.48. The summed E-state index contributed by atoms with van der Waals surface area (Å²) in [6, 6.07) is -0.158. The van der Waals surface area contributed by atoms with Crippen molar-refractivity contribution in [2.24, 2.45) is 23.7 Å². The third-order valence-electron chi connectivity index (χ3n) is 9.07. The number of carbonyl (C=O) groups excluding carboxylic acids is 3. The first-order valence-electron chi connectivity index (χ1n) is 16.4. The number of rotatable bonds is 7. The van der Waals surface area contributed by atoms with Crippen LogP contribution in [0.3, 0.4) is 0 Å². The van der Waals surface area contributed by atoms with Gasteiger partial charge >= 0.3 is 18.2 Å². The maximum atomic E-state index is 13.0. The molecule has 3 aliphatic rings. The lowest BCUT2D eigenvalue weighted by Gasteiger charge is -2.33. The van der Waals surface area contributed by atoms with Gasteiger partial charge in [-0.25, -0.2) is 9.59 Å². The molecule has 0 aromatic rings. The number of likely N-dealkylation sites (tertiary alicyclic amines) is 1. The van der Waals surface area contributed by atoms with Crippen LogP contribution in [0.1, 0.15) is 66.7 Å². The van der Waals surface area contributed by atoms with E-state index >= 15 is 0 Å². The van der Waals surface area contributed by atoms with Crippen LogP contribution in [0.4, 0.5) is 9.59 Å². The molecule has 0 aromatic carbocycles. The average Bonchev–Trinajstić information content (AvgIpc) is 3.48. The Balaban J connectivity index is 1.66. The summed E-state index contributed by atoms with van der Waals surface area (Å²) in [5.74, 6) is -0.115. The minimum atomic E-state index is -0.474. The molecule has 0 radical (unpaired) electrons. The standard InChI is InChI=1S/C34H55N3O7/c1-24-12-13-26(3)30(43-33(40)36-19-17-35(6)18-20-36)15-14-28(5)32(44-31(39)21-24)27(4)10-7-9-25(2)23-42-34(41)37-16-8-11-29(37)22-38/h7,9-10,14-15,24-26,28-30,32,38H,8,11-13,16-23H2,1-6H3/b9-7+,15-14+,27-10+/t24-,25-,26+,28+,29+,30+,32-/m1/s1. The van der Waals surface area contributed by atoms with Crippen molar-refractivity contribution in [3.63, 3.8) is 0 Å². The smallest absolute Gasteiger partial charge is 0.410 e. The minimum absolute atomic E-state index is 0.0209. The SMILES string of the molecule is C/C(=C\C=C\[C@@H](C)COC(=O)N1CCC[C@H]1CO)[C@H]1OC(=O)C[C@H](C)CC[C@H](C)[C@@H](OC(=O)N2CCN(C)CC2)/C=C/[C@@H]1C. The third kappa shape index (κ3) is 10.9. The van der Waals surface area contributed by atoms with Crippen LogP contribution in [0.25, 0.3) is 0 Å². The van der Waals surface area contributed by atoms with Gasteiger partial charge in [0.1, 0.15) is 12.2 Å². The van der Waals surface area contributed by atoms with Gasteiger partial charge in [0.2, 0.25) is 0 Å². The fourth-order valence-corrected chi connectivity index (χ4v) is 5.91. The lowest BCUT2D eigenvalue weighted by molar-refractivity contribution is -0.149. The van der Waals surface area contributed by atoms with E-state index in [1.165, 1.54) is 0 Å². The maximum Gasteiger partial charge on any atom is 0.410 e. The molecule has 44 heavy (non-hydrogen) atoms. The maximum absolute atomic E-state index is 13.0. The fourth-order valence-electron chi connectivity index (χ4n) is 5.91. The predicted molar refractivity (Wildman–Crippen MR) is 170 cm³/mol. The van der Waals surface area contributed by atoms with Crippen molar-refractivity contribution in [3.05, 3.63) is 36.0 Å². The molecule has 2 saturated heterocycles. The molecule has 10 heteroatoms. The zero-order valence-electron chi connectivity index (χ0n) is 27.7. The molecule has 2 fully saturated rings. The van der Waals surface area contributed by atoms with Crippen molar-refractivity contribution in [2.75, 3.05) is 53.0 Å². The van der Waals surface area contributed by atoms with Gasteiger partial charge < -0.3 is 34.0 Å². The molecule has 0 aliphatic carbocycles. The second kappa shape index (κ2) is 17.6. The number of likely N-dealkylation sites (N-methyl/N-ethyl adjacent to an activating group) is 1. The Kier molecular flexibility index (Phi) is 14.2. The largest absolute Gasteiger partial charge is 0.457 e. The summed E-state index contributed by atoms with van der Waals surface area (Å²) in [7, 11) is 2.06. The summed E-state index contributed by atoms with van der Waals surface area (Å²) in [6.45, 7) is 13.9. The quantitative estimate of drug-likeness (QED) is 0.183. The number of ether oxygens (including phenoxy) is 3. The number of allylic oxidation sites excluding steroid dienone is 2. The van der Waals surface area contributed by atoms with Crippen molar-refractivity contribution in [1.29, 1.82) is 0 Å². The van der Waals surface area contributed by atoms with E-state index in [4.69, 9.17) is 14.2 Å². The first kappa shape index (κ1) is 35.6. The van der Waals surface area contributed by atoms with Gasteiger partial charge in [-0.2, -0.15) is 0 Å². The van der Waals surface area contributed by atoms with E-state index in [0.717, 1.165) is 44.3 Å². The Hall–Kier alpha value is -2.85.